The number of hydrogen-bond donors (Lipinski definition) is 2. The zero-order valence-electron chi connectivity index (χ0n) is 19.0. The molecule has 2 unspecified atom stereocenters. The minimum atomic E-state index is -0.481. The van der Waals surface area contributed by atoms with E-state index in [1.807, 2.05) is 6.07 Å². The molecule has 0 radical (unpaired) electrons. The monoisotopic (exact) mass is 483 g/mol. The lowest BCUT2D eigenvalue weighted by atomic mass is 10.00. The van der Waals surface area contributed by atoms with Gasteiger partial charge in [0.2, 0.25) is 0 Å². The number of amides is 1. The number of halogens is 2. The van der Waals surface area contributed by atoms with Gasteiger partial charge < -0.3 is 15.2 Å². The van der Waals surface area contributed by atoms with Crippen LogP contribution in [-0.4, -0.2) is 60.0 Å². The molecule has 2 fully saturated rings. The maximum atomic E-state index is 14.1. The van der Waals surface area contributed by atoms with Crippen molar-refractivity contribution in [2.75, 3.05) is 38.1 Å². The summed E-state index contributed by atoms with van der Waals surface area (Å²) in [5.41, 5.74) is 1.70. The number of anilines is 1. The van der Waals surface area contributed by atoms with Crippen LogP contribution in [0.3, 0.4) is 0 Å². The van der Waals surface area contributed by atoms with Gasteiger partial charge in [0.15, 0.2) is 0 Å². The van der Waals surface area contributed by atoms with Gasteiger partial charge >= 0.3 is 0 Å². The van der Waals surface area contributed by atoms with Gasteiger partial charge in [0.1, 0.15) is 11.5 Å². The Bertz CT molecular complexity index is 1290. The van der Waals surface area contributed by atoms with Crippen molar-refractivity contribution in [3.8, 4) is 0 Å². The highest BCUT2D eigenvalue weighted by atomic mass is 35.5. The first-order chi connectivity index (χ1) is 16.4. The molecule has 1 aromatic carbocycles. The van der Waals surface area contributed by atoms with Crippen molar-refractivity contribution >= 4 is 34.0 Å². The van der Waals surface area contributed by atoms with Gasteiger partial charge in [0.25, 0.3) is 11.5 Å². The van der Waals surface area contributed by atoms with Crippen LogP contribution in [0.4, 0.5) is 10.1 Å². The van der Waals surface area contributed by atoms with Gasteiger partial charge in [0, 0.05) is 50.9 Å². The number of hydrogen-bond acceptors (Lipinski definition) is 5. The minimum Gasteiger partial charge on any atom is -0.367 e. The molecule has 9 heteroatoms. The number of benzene rings is 1. The number of piperazine rings is 1. The zero-order valence-corrected chi connectivity index (χ0v) is 19.7. The number of rotatable bonds is 4. The first-order valence-electron chi connectivity index (χ1n) is 11.6. The van der Waals surface area contributed by atoms with E-state index in [0.29, 0.717) is 22.1 Å². The third-order valence-electron chi connectivity index (χ3n) is 7.15. The van der Waals surface area contributed by atoms with Crippen molar-refractivity contribution < 1.29 is 9.18 Å². The Labute approximate surface area is 201 Å². The molecule has 1 saturated carbocycles. The average Bonchev–Trinajstić information content (AvgIpc) is 3.34. The molecule has 2 aromatic heterocycles. The molecule has 1 saturated heterocycles. The second-order valence-electron chi connectivity index (χ2n) is 9.04. The summed E-state index contributed by atoms with van der Waals surface area (Å²) in [4.78, 5) is 36.2. The third-order valence-corrected chi connectivity index (χ3v) is 7.45. The number of aromatic nitrogens is 2. The van der Waals surface area contributed by atoms with Gasteiger partial charge in [-0.15, -0.1) is 0 Å². The molecule has 3 heterocycles. The Morgan fingerprint density at radius 2 is 2.00 bits per heavy atom. The van der Waals surface area contributed by atoms with Crippen LogP contribution in [0.15, 0.2) is 41.3 Å². The van der Waals surface area contributed by atoms with Crippen LogP contribution >= 0.6 is 11.6 Å². The van der Waals surface area contributed by atoms with Crippen LogP contribution in [-0.2, 0) is 0 Å². The van der Waals surface area contributed by atoms with Crippen LogP contribution in [0.25, 0.3) is 10.8 Å². The second kappa shape index (κ2) is 9.35. The van der Waals surface area contributed by atoms with Crippen molar-refractivity contribution in [1.82, 2.24) is 20.2 Å². The Morgan fingerprint density at radius 1 is 1.21 bits per heavy atom. The normalized spacial score (nSPS) is 21.2. The SMILES string of the molecule is CNC(=O)c1cc(Cl)c(N2CCN(C3CCC(c4cc5cccc(F)c5c(=O)[nH]4)C3)CC2)cn1. The summed E-state index contributed by atoms with van der Waals surface area (Å²) in [7, 11) is 1.57. The van der Waals surface area contributed by atoms with Crippen LogP contribution < -0.4 is 15.8 Å². The van der Waals surface area contributed by atoms with Crippen molar-refractivity contribution in [3.63, 3.8) is 0 Å². The molecular weight excluding hydrogens is 457 g/mol. The summed E-state index contributed by atoms with van der Waals surface area (Å²) >= 11 is 6.45. The Hall–Kier alpha value is -2.97. The summed E-state index contributed by atoms with van der Waals surface area (Å²) in [6.45, 7) is 3.47. The molecular formula is C25H27ClFN5O2. The number of nitrogens with one attached hydrogen (secondary N) is 2. The molecule has 5 rings (SSSR count). The molecule has 34 heavy (non-hydrogen) atoms. The van der Waals surface area contributed by atoms with Crippen LogP contribution in [0, 0.1) is 5.82 Å². The lowest BCUT2D eigenvalue weighted by molar-refractivity contribution is 0.0958. The number of pyridine rings is 2. The first-order valence-corrected chi connectivity index (χ1v) is 12.0. The van der Waals surface area contributed by atoms with Crippen molar-refractivity contribution in [3.05, 3.63) is 69.1 Å². The van der Waals surface area contributed by atoms with Crippen LogP contribution in [0.1, 0.15) is 41.4 Å². The Balaban J connectivity index is 1.23. The first kappa shape index (κ1) is 22.8. The summed E-state index contributed by atoms with van der Waals surface area (Å²) in [6.07, 6.45) is 4.71. The smallest absolute Gasteiger partial charge is 0.269 e. The molecule has 2 N–H and O–H groups in total. The van der Waals surface area contributed by atoms with Crippen LogP contribution in [0.5, 0.6) is 0 Å². The molecule has 7 nitrogen and oxygen atoms in total. The largest absolute Gasteiger partial charge is 0.367 e. The van der Waals surface area contributed by atoms with E-state index in [9.17, 15) is 14.0 Å². The molecule has 1 aliphatic heterocycles. The molecule has 3 aromatic rings. The van der Waals surface area contributed by atoms with Crippen molar-refractivity contribution in [1.29, 1.82) is 0 Å². The van der Waals surface area contributed by atoms with E-state index in [-0.39, 0.29) is 22.8 Å². The van der Waals surface area contributed by atoms with E-state index in [2.05, 4.69) is 25.1 Å². The lowest BCUT2D eigenvalue weighted by Gasteiger charge is -2.39. The number of nitrogens with zero attached hydrogens (tertiary/aromatic N) is 3. The van der Waals surface area contributed by atoms with Gasteiger partial charge in [-0.25, -0.2) is 9.37 Å². The van der Waals surface area contributed by atoms with Gasteiger partial charge in [-0.05, 0) is 42.8 Å². The fraction of sp³-hybridized carbons (Fsp3) is 0.400. The van der Waals surface area contributed by atoms with Gasteiger partial charge in [-0.2, -0.15) is 0 Å². The highest BCUT2D eigenvalue weighted by Gasteiger charge is 2.33. The average molecular weight is 484 g/mol. The second-order valence-corrected chi connectivity index (χ2v) is 9.45. The van der Waals surface area contributed by atoms with E-state index < -0.39 is 5.82 Å². The summed E-state index contributed by atoms with van der Waals surface area (Å²) in [5.74, 6) is -0.475. The number of aromatic amines is 1. The predicted molar refractivity (Wildman–Crippen MR) is 131 cm³/mol. The van der Waals surface area contributed by atoms with E-state index in [1.165, 1.54) is 6.07 Å². The fourth-order valence-corrected chi connectivity index (χ4v) is 5.60. The number of H-pyrrole nitrogens is 1. The van der Waals surface area contributed by atoms with E-state index in [4.69, 9.17) is 11.6 Å². The molecule has 1 amide bonds. The van der Waals surface area contributed by atoms with Gasteiger partial charge in [0.05, 0.1) is 22.3 Å². The number of carbonyl (C=O) groups is 1. The fourth-order valence-electron chi connectivity index (χ4n) is 5.33. The highest BCUT2D eigenvalue weighted by Crippen LogP contribution is 2.37. The molecule has 0 bridgehead atoms. The standard InChI is InChI=1S/C25H27ClFN5O2/c1-28-24(33)21-13-18(26)22(14-29-21)32-9-7-31(8-10-32)17-6-5-15(11-17)20-12-16-3-2-4-19(27)23(16)25(34)30-20/h2-4,12-15,17H,5-11H2,1H3,(H,28,33)(H,30,34). The van der Waals surface area contributed by atoms with Crippen LogP contribution in [0.2, 0.25) is 5.02 Å². The zero-order chi connectivity index (χ0) is 23.8. The molecule has 178 valence electrons. The maximum Gasteiger partial charge on any atom is 0.269 e. The Morgan fingerprint density at radius 3 is 2.74 bits per heavy atom. The lowest BCUT2D eigenvalue weighted by Crippen LogP contribution is -2.50. The molecule has 2 atom stereocenters. The van der Waals surface area contributed by atoms with Gasteiger partial charge in [-0.3, -0.25) is 14.5 Å². The Kier molecular flexibility index (Phi) is 6.27. The summed E-state index contributed by atoms with van der Waals surface area (Å²) < 4.78 is 14.1. The van der Waals surface area contributed by atoms with E-state index in [1.54, 1.807) is 31.4 Å². The van der Waals surface area contributed by atoms with Crippen molar-refractivity contribution in [2.45, 2.75) is 31.2 Å². The maximum absolute atomic E-state index is 14.1. The van der Waals surface area contributed by atoms with E-state index >= 15 is 0 Å². The van der Waals surface area contributed by atoms with Crippen molar-refractivity contribution in [2.24, 2.45) is 0 Å². The van der Waals surface area contributed by atoms with Gasteiger partial charge in [-0.1, -0.05) is 23.7 Å². The highest BCUT2D eigenvalue weighted by molar-refractivity contribution is 6.33. The predicted octanol–water partition coefficient (Wildman–Crippen LogP) is 3.53. The molecule has 1 aliphatic carbocycles. The molecule has 2 aliphatic rings. The quantitative estimate of drug-likeness (QED) is 0.593. The summed E-state index contributed by atoms with van der Waals surface area (Å²) in [5, 5.41) is 3.87. The number of fused-ring (bicyclic) bond motifs is 1. The number of carbonyl (C=O) groups excluding carboxylic acids is 1. The summed E-state index contributed by atoms with van der Waals surface area (Å²) in [6, 6.07) is 8.75. The third kappa shape index (κ3) is 4.28. The topological polar surface area (TPSA) is 81.3 Å². The minimum absolute atomic E-state index is 0.133. The molecule has 0 spiro atoms. The van der Waals surface area contributed by atoms with E-state index in [0.717, 1.165) is 56.8 Å².